The van der Waals surface area contributed by atoms with Gasteiger partial charge in [-0.15, -0.1) is 15.0 Å². The van der Waals surface area contributed by atoms with E-state index >= 15 is 0 Å². The Hall–Kier alpha value is -3.15. The Kier molecular flexibility index (Phi) is 4.53. The average molecular weight is 297 g/mol. The van der Waals surface area contributed by atoms with Gasteiger partial charge in [-0.05, 0) is 29.8 Å². The summed E-state index contributed by atoms with van der Waals surface area (Å²) >= 11 is 0. The summed E-state index contributed by atoms with van der Waals surface area (Å²) in [6.45, 7) is 4.79. The van der Waals surface area contributed by atoms with Crippen molar-refractivity contribution in [2.75, 3.05) is 0 Å². The first-order valence-electron chi connectivity index (χ1n) is 6.48. The molecule has 112 valence electrons. The smallest absolute Gasteiger partial charge is 0.300 e. The zero-order valence-electron chi connectivity index (χ0n) is 12.0. The fraction of sp³-hybridized carbons (Fsp3) is 0.0625. The number of hydrogen-bond acceptors (Lipinski definition) is 4. The lowest BCUT2D eigenvalue weighted by Gasteiger charge is -2.03. The summed E-state index contributed by atoms with van der Waals surface area (Å²) < 4.78 is 0. The van der Waals surface area contributed by atoms with Crippen LogP contribution in [0.3, 0.4) is 0 Å². The summed E-state index contributed by atoms with van der Waals surface area (Å²) in [6.07, 6.45) is 1.71. The number of nitrogens with zero attached hydrogens (tertiary/aromatic N) is 3. The van der Waals surface area contributed by atoms with Crippen molar-refractivity contribution in [1.29, 1.82) is 0 Å². The molecule has 22 heavy (non-hydrogen) atoms. The summed E-state index contributed by atoms with van der Waals surface area (Å²) in [6, 6.07) is 12.8. The monoisotopic (exact) mass is 297 g/mol. The molecule has 0 spiro atoms. The second-order valence-corrected chi connectivity index (χ2v) is 4.45. The standard InChI is InChI=1S/C14H11N3O.C2H4O2/c1-2-10-7-8-14(18)13(9-10)17-15-11-5-3-4-6-12(11)16-17;1-2(3)4/h2-9,18H,1H2;1H3,(H,3,4). The third-order valence-corrected chi connectivity index (χ3v) is 2.74. The molecule has 0 unspecified atom stereocenters. The third-order valence-electron chi connectivity index (χ3n) is 2.74. The van der Waals surface area contributed by atoms with Crippen molar-refractivity contribution in [3.63, 3.8) is 0 Å². The molecule has 3 aromatic rings. The third kappa shape index (κ3) is 3.49. The predicted octanol–water partition coefficient (Wildman–Crippen LogP) is 2.86. The molecule has 1 heterocycles. The van der Waals surface area contributed by atoms with Crippen molar-refractivity contribution in [2.24, 2.45) is 0 Å². The number of hydrogen-bond donors (Lipinski definition) is 2. The molecule has 6 heteroatoms. The molecule has 0 atom stereocenters. The molecule has 0 saturated heterocycles. The largest absolute Gasteiger partial charge is 0.506 e. The van der Waals surface area contributed by atoms with Crippen LogP contribution in [0.15, 0.2) is 49.0 Å². The van der Waals surface area contributed by atoms with Crippen LogP contribution in [0.5, 0.6) is 5.75 Å². The van der Waals surface area contributed by atoms with Crippen molar-refractivity contribution < 1.29 is 15.0 Å². The highest BCUT2D eigenvalue weighted by atomic mass is 16.4. The average Bonchev–Trinajstić information content (AvgIpc) is 2.91. The van der Waals surface area contributed by atoms with Gasteiger partial charge in [0.1, 0.15) is 22.5 Å². The molecule has 3 rings (SSSR count). The normalized spacial score (nSPS) is 9.86. The molecule has 0 bridgehead atoms. The number of phenols is 1. The van der Waals surface area contributed by atoms with E-state index in [1.807, 2.05) is 24.3 Å². The summed E-state index contributed by atoms with van der Waals surface area (Å²) in [5.74, 6) is -0.694. The highest BCUT2D eigenvalue weighted by Crippen LogP contribution is 2.23. The number of aromatic hydroxyl groups is 1. The van der Waals surface area contributed by atoms with Crippen LogP contribution in [0.25, 0.3) is 22.8 Å². The van der Waals surface area contributed by atoms with Crippen LogP contribution in [-0.2, 0) is 4.79 Å². The maximum Gasteiger partial charge on any atom is 0.300 e. The van der Waals surface area contributed by atoms with Crippen LogP contribution >= 0.6 is 0 Å². The quantitative estimate of drug-likeness (QED) is 0.759. The van der Waals surface area contributed by atoms with Gasteiger partial charge in [0.2, 0.25) is 0 Å². The number of carbonyl (C=O) groups is 1. The van der Waals surface area contributed by atoms with E-state index in [-0.39, 0.29) is 5.75 Å². The number of aromatic nitrogens is 3. The zero-order chi connectivity index (χ0) is 16.1. The van der Waals surface area contributed by atoms with Gasteiger partial charge in [-0.25, -0.2) is 0 Å². The molecule has 0 aliphatic heterocycles. The van der Waals surface area contributed by atoms with Gasteiger partial charge in [-0.2, -0.15) is 0 Å². The number of fused-ring (bicyclic) bond motifs is 1. The lowest BCUT2D eigenvalue weighted by molar-refractivity contribution is -0.134. The van der Waals surface area contributed by atoms with Crippen molar-refractivity contribution in [3.8, 4) is 11.4 Å². The number of benzene rings is 2. The Bertz CT molecular complexity index is 787. The minimum atomic E-state index is -0.833. The van der Waals surface area contributed by atoms with Gasteiger partial charge in [0.25, 0.3) is 5.97 Å². The topological polar surface area (TPSA) is 88.2 Å². The first-order chi connectivity index (χ1) is 10.5. The molecule has 0 saturated carbocycles. The fourth-order valence-corrected chi connectivity index (χ4v) is 1.80. The maximum atomic E-state index is 9.87. The number of rotatable bonds is 2. The van der Waals surface area contributed by atoms with E-state index in [4.69, 9.17) is 9.90 Å². The lowest BCUT2D eigenvalue weighted by Crippen LogP contribution is -1.99. The molecular formula is C16H15N3O3. The molecule has 0 fully saturated rings. The van der Waals surface area contributed by atoms with Crippen molar-refractivity contribution in [3.05, 3.63) is 54.6 Å². The van der Waals surface area contributed by atoms with Crippen LogP contribution in [0, 0.1) is 0 Å². The number of aliphatic carboxylic acids is 1. The number of carboxylic acids is 1. The summed E-state index contributed by atoms with van der Waals surface area (Å²) in [7, 11) is 0. The minimum Gasteiger partial charge on any atom is -0.506 e. The Morgan fingerprint density at radius 1 is 1.18 bits per heavy atom. The Morgan fingerprint density at radius 2 is 1.73 bits per heavy atom. The van der Waals surface area contributed by atoms with Crippen LogP contribution < -0.4 is 0 Å². The molecule has 0 aliphatic carbocycles. The van der Waals surface area contributed by atoms with E-state index in [2.05, 4.69) is 16.8 Å². The zero-order valence-corrected chi connectivity index (χ0v) is 12.0. The van der Waals surface area contributed by atoms with E-state index in [1.165, 1.54) is 4.80 Å². The highest BCUT2D eigenvalue weighted by molar-refractivity contribution is 5.73. The first kappa shape index (κ1) is 15.2. The summed E-state index contributed by atoms with van der Waals surface area (Å²) in [5, 5.41) is 26.0. The minimum absolute atomic E-state index is 0.140. The van der Waals surface area contributed by atoms with Gasteiger partial charge in [0.05, 0.1) is 0 Å². The second kappa shape index (κ2) is 6.53. The molecule has 1 aromatic heterocycles. The summed E-state index contributed by atoms with van der Waals surface area (Å²) in [4.78, 5) is 10.4. The molecular weight excluding hydrogens is 282 g/mol. The lowest BCUT2D eigenvalue weighted by atomic mass is 10.2. The van der Waals surface area contributed by atoms with E-state index in [0.717, 1.165) is 23.5 Å². The first-order valence-corrected chi connectivity index (χ1v) is 6.48. The van der Waals surface area contributed by atoms with Gasteiger partial charge < -0.3 is 10.2 Å². The highest BCUT2D eigenvalue weighted by Gasteiger charge is 2.08. The van der Waals surface area contributed by atoms with Crippen LogP contribution in [-0.4, -0.2) is 31.2 Å². The Labute approximate surface area is 126 Å². The van der Waals surface area contributed by atoms with Crippen LogP contribution in [0.4, 0.5) is 0 Å². The Morgan fingerprint density at radius 3 is 2.23 bits per heavy atom. The second-order valence-electron chi connectivity index (χ2n) is 4.45. The van der Waals surface area contributed by atoms with E-state index < -0.39 is 5.97 Å². The molecule has 0 amide bonds. The van der Waals surface area contributed by atoms with E-state index in [1.54, 1.807) is 24.3 Å². The fourth-order valence-electron chi connectivity index (χ4n) is 1.80. The number of carboxylic acid groups (broad SMARTS) is 1. The molecule has 0 radical (unpaired) electrons. The van der Waals surface area contributed by atoms with E-state index in [9.17, 15) is 5.11 Å². The van der Waals surface area contributed by atoms with Gasteiger partial charge >= 0.3 is 0 Å². The number of phenolic OH excluding ortho intramolecular Hbond substituents is 1. The van der Waals surface area contributed by atoms with Crippen molar-refractivity contribution in [1.82, 2.24) is 15.0 Å². The van der Waals surface area contributed by atoms with Gasteiger partial charge in [-0.3, -0.25) is 4.79 Å². The SMILES string of the molecule is C=Cc1ccc(O)c(-n2nc3ccccc3n2)c1.CC(=O)O. The molecule has 2 aromatic carbocycles. The molecule has 0 aliphatic rings. The Balaban J connectivity index is 0.000000396. The van der Waals surface area contributed by atoms with Crippen LogP contribution in [0.2, 0.25) is 0 Å². The van der Waals surface area contributed by atoms with Crippen LogP contribution in [0.1, 0.15) is 12.5 Å². The van der Waals surface area contributed by atoms with Gasteiger partial charge in [-0.1, -0.05) is 30.9 Å². The van der Waals surface area contributed by atoms with Crippen molar-refractivity contribution in [2.45, 2.75) is 6.92 Å². The molecule has 2 N–H and O–H groups in total. The summed E-state index contributed by atoms with van der Waals surface area (Å²) in [5.41, 5.74) is 3.04. The van der Waals surface area contributed by atoms with E-state index in [0.29, 0.717) is 5.69 Å². The van der Waals surface area contributed by atoms with Gasteiger partial charge in [0, 0.05) is 6.92 Å². The van der Waals surface area contributed by atoms with Gasteiger partial charge in [0.15, 0.2) is 0 Å². The maximum absolute atomic E-state index is 9.87. The van der Waals surface area contributed by atoms with Crippen molar-refractivity contribution >= 4 is 23.1 Å². The molecule has 6 nitrogen and oxygen atoms in total. The predicted molar refractivity (Wildman–Crippen MR) is 83.9 cm³/mol.